The first-order valence-corrected chi connectivity index (χ1v) is 20.4. The van der Waals surface area contributed by atoms with Gasteiger partial charge in [0.25, 0.3) is 0 Å². The van der Waals surface area contributed by atoms with E-state index in [2.05, 4.69) is 62.5 Å². The van der Waals surface area contributed by atoms with Crippen LogP contribution in [0.4, 0.5) is 0 Å². The molecular formula is C43H72O10. The Morgan fingerprint density at radius 1 is 0.604 bits per heavy atom. The molecular weight excluding hydrogens is 676 g/mol. The maximum absolute atomic E-state index is 12.7. The van der Waals surface area contributed by atoms with Gasteiger partial charge in [0.15, 0.2) is 12.4 Å². The predicted octanol–water partition coefficient (Wildman–Crippen LogP) is 7.88. The second-order valence-electron chi connectivity index (χ2n) is 13.7. The molecule has 0 aromatic carbocycles. The van der Waals surface area contributed by atoms with E-state index in [1.807, 2.05) is 12.2 Å². The van der Waals surface area contributed by atoms with Crippen LogP contribution in [0.5, 0.6) is 0 Å². The third-order valence-corrected chi connectivity index (χ3v) is 8.90. The number of esters is 2. The Balaban J connectivity index is 2.43. The topological polar surface area (TPSA) is 152 Å². The van der Waals surface area contributed by atoms with Gasteiger partial charge in [0.2, 0.25) is 0 Å². The van der Waals surface area contributed by atoms with Gasteiger partial charge in [0.05, 0.1) is 13.2 Å². The monoisotopic (exact) mass is 749 g/mol. The van der Waals surface area contributed by atoms with Gasteiger partial charge < -0.3 is 39.4 Å². The van der Waals surface area contributed by atoms with Crippen LogP contribution in [0.25, 0.3) is 0 Å². The van der Waals surface area contributed by atoms with Crippen LogP contribution in [0.2, 0.25) is 0 Å². The Morgan fingerprint density at radius 3 is 1.75 bits per heavy atom. The van der Waals surface area contributed by atoms with Crippen LogP contribution in [0.3, 0.4) is 0 Å². The molecule has 6 atom stereocenters. The lowest BCUT2D eigenvalue weighted by molar-refractivity contribution is -0.305. The molecule has 1 saturated heterocycles. The minimum absolute atomic E-state index is 0.105. The molecule has 0 amide bonds. The number of carbonyl (C=O) groups excluding carboxylic acids is 2. The number of hydrogen-bond donors (Lipinski definition) is 4. The van der Waals surface area contributed by atoms with Crippen LogP contribution < -0.4 is 0 Å². The van der Waals surface area contributed by atoms with E-state index in [1.165, 1.54) is 44.9 Å². The van der Waals surface area contributed by atoms with Gasteiger partial charge in [-0.3, -0.25) is 9.59 Å². The molecule has 304 valence electrons. The van der Waals surface area contributed by atoms with Crippen LogP contribution in [0.15, 0.2) is 60.8 Å². The number of ether oxygens (including phenoxy) is 4. The molecule has 4 N–H and O–H groups in total. The van der Waals surface area contributed by atoms with Crippen molar-refractivity contribution in [3.05, 3.63) is 60.8 Å². The van der Waals surface area contributed by atoms with Crippen molar-refractivity contribution < 1.29 is 49.0 Å². The summed E-state index contributed by atoms with van der Waals surface area (Å²) in [6.07, 6.45) is 32.5. The lowest BCUT2D eigenvalue weighted by Gasteiger charge is -2.39. The van der Waals surface area contributed by atoms with Gasteiger partial charge in [-0.15, -0.1) is 0 Å². The number of hydrogen-bond acceptors (Lipinski definition) is 10. The molecule has 0 radical (unpaired) electrons. The molecule has 0 aromatic rings. The van der Waals surface area contributed by atoms with E-state index in [9.17, 15) is 30.0 Å². The van der Waals surface area contributed by atoms with Crippen molar-refractivity contribution in [3.8, 4) is 0 Å². The van der Waals surface area contributed by atoms with Crippen molar-refractivity contribution in [1.29, 1.82) is 0 Å². The highest BCUT2D eigenvalue weighted by atomic mass is 16.7. The fraction of sp³-hybridized carbons (Fsp3) is 0.721. The summed E-state index contributed by atoms with van der Waals surface area (Å²) in [5, 5.41) is 39.9. The summed E-state index contributed by atoms with van der Waals surface area (Å²) < 4.78 is 22.0. The third kappa shape index (κ3) is 25.9. The zero-order chi connectivity index (χ0) is 38.8. The number of allylic oxidation sites excluding steroid dienone is 10. The van der Waals surface area contributed by atoms with E-state index in [-0.39, 0.29) is 26.1 Å². The normalized spacial score (nSPS) is 21.5. The number of rotatable bonds is 32. The van der Waals surface area contributed by atoms with Gasteiger partial charge in [-0.2, -0.15) is 0 Å². The quantitative estimate of drug-likeness (QED) is 0.0304. The Hall–Kier alpha value is -2.60. The lowest BCUT2D eigenvalue weighted by atomic mass is 9.99. The largest absolute Gasteiger partial charge is 0.462 e. The highest BCUT2D eigenvalue weighted by molar-refractivity contribution is 5.70. The molecule has 0 aliphatic carbocycles. The molecule has 1 rings (SSSR count). The molecule has 1 heterocycles. The summed E-state index contributed by atoms with van der Waals surface area (Å²) in [4.78, 5) is 25.2. The second kappa shape index (κ2) is 33.9. The summed E-state index contributed by atoms with van der Waals surface area (Å²) >= 11 is 0. The molecule has 1 fully saturated rings. The maximum atomic E-state index is 12.7. The van der Waals surface area contributed by atoms with Crippen molar-refractivity contribution in [2.45, 2.75) is 179 Å². The van der Waals surface area contributed by atoms with Crippen LogP contribution in [-0.2, 0) is 28.5 Å². The van der Waals surface area contributed by atoms with Crippen LogP contribution in [-0.4, -0.2) is 89.0 Å². The van der Waals surface area contributed by atoms with Crippen LogP contribution in [0, 0.1) is 0 Å². The van der Waals surface area contributed by atoms with Crippen molar-refractivity contribution in [2.75, 3.05) is 19.8 Å². The molecule has 10 nitrogen and oxygen atoms in total. The molecule has 6 unspecified atom stereocenters. The van der Waals surface area contributed by atoms with Crippen LogP contribution >= 0.6 is 0 Å². The number of aliphatic hydroxyl groups is 4. The van der Waals surface area contributed by atoms with Crippen molar-refractivity contribution in [2.24, 2.45) is 0 Å². The minimum atomic E-state index is -1.61. The van der Waals surface area contributed by atoms with E-state index in [4.69, 9.17) is 18.9 Å². The molecule has 0 bridgehead atoms. The molecule has 0 spiro atoms. The summed E-state index contributed by atoms with van der Waals surface area (Å²) in [6.45, 7) is 3.19. The van der Waals surface area contributed by atoms with Gasteiger partial charge in [-0.25, -0.2) is 0 Å². The fourth-order valence-electron chi connectivity index (χ4n) is 5.67. The van der Waals surface area contributed by atoms with E-state index in [0.717, 1.165) is 57.8 Å². The SMILES string of the molecule is CC/C=C\C/C=C\C/C=C\C/C=C\CCC(=O)OC(COC(=O)CCCCCCC/C=C\CCCCCCCC)COC1OC(CO)C(O)C(O)C1O. The maximum Gasteiger partial charge on any atom is 0.306 e. The summed E-state index contributed by atoms with van der Waals surface area (Å²) in [7, 11) is 0. The van der Waals surface area contributed by atoms with Gasteiger partial charge in [-0.05, 0) is 64.2 Å². The van der Waals surface area contributed by atoms with E-state index in [0.29, 0.717) is 12.8 Å². The minimum Gasteiger partial charge on any atom is -0.462 e. The third-order valence-electron chi connectivity index (χ3n) is 8.90. The summed E-state index contributed by atoms with van der Waals surface area (Å²) in [5.41, 5.74) is 0. The average molecular weight is 749 g/mol. The first-order valence-electron chi connectivity index (χ1n) is 20.4. The van der Waals surface area contributed by atoms with Gasteiger partial charge in [-0.1, -0.05) is 126 Å². The summed E-state index contributed by atoms with van der Waals surface area (Å²) in [6, 6.07) is 0. The Morgan fingerprint density at radius 2 is 1.15 bits per heavy atom. The van der Waals surface area contributed by atoms with Crippen molar-refractivity contribution in [1.82, 2.24) is 0 Å². The van der Waals surface area contributed by atoms with Crippen molar-refractivity contribution >= 4 is 11.9 Å². The lowest BCUT2D eigenvalue weighted by Crippen LogP contribution is -2.59. The average Bonchev–Trinajstić information content (AvgIpc) is 3.15. The number of aliphatic hydroxyl groups excluding tert-OH is 4. The highest BCUT2D eigenvalue weighted by Crippen LogP contribution is 2.22. The van der Waals surface area contributed by atoms with Crippen LogP contribution in [0.1, 0.15) is 142 Å². The number of carbonyl (C=O) groups is 2. The Kier molecular flexibility index (Phi) is 31.0. The standard InChI is InChI=1S/C43H72O10/c1-3-5-7-9-11-13-15-17-18-20-21-23-25-27-29-31-38(45)50-34-36(35-51-43-42(49)41(48)40(47)37(33-44)53-43)52-39(46)32-30-28-26-24-22-19-16-14-12-10-8-6-4-2/h6,8,12,14,17-19,22,26,28,36-37,40-44,47-49H,3-5,7,9-11,13,15-16,20-21,23-25,27,29-35H2,1-2H3/b8-6-,14-12-,18-17-,22-19-,28-26-. The smallest absolute Gasteiger partial charge is 0.306 e. The molecule has 1 aliphatic heterocycles. The first-order chi connectivity index (χ1) is 25.8. The van der Waals surface area contributed by atoms with E-state index in [1.54, 1.807) is 0 Å². The van der Waals surface area contributed by atoms with Gasteiger partial charge in [0.1, 0.15) is 31.0 Å². The predicted molar refractivity (Wildman–Crippen MR) is 210 cm³/mol. The zero-order valence-electron chi connectivity index (χ0n) is 32.7. The van der Waals surface area contributed by atoms with Gasteiger partial charge in [0, 0.05) is 12.8 Å². The molecule has 0 saturated carbocycles. The van der Waals surface area contributed by atoms with Crippen molar-refractivity contribution in [3.63, 3.8) is 0 Å². The Bertz CT molecular complexity index is 1050. The first kappa shape index (κ1) is 48.4. The second-order valence-corrected chi connectivity index (χ2v) is 13.7. The molecule has 1 aliphatic rings. The summed E-state index contributed by atoms with van der Waals surface area (Å²) in [5.74, 6) is -0.917. The molecule has 53 heavy (non-hydrogen) atoms. The van der Waals surface area contributed by atoms with E-state index >= 15 is 0 Å². The molecule has 10 heteroatoms. The number of unbranched alkanes of at least 4 members (excludes halogenated alkanes) is 11. The highest BCUT2D eigenvalue weighted by Gasteiger charge is 2.44. The fourth-order valence-corrected chi connectivity index (χ4v) is 5.67. The van der Waals surface area contributed by atoms with E-state index < -0.39 is 55.4 Å². The Labute approximate surface area is 320 Å². The molecule has 0 aromatic heterocycles. The van der Waals surface area contributed by atoms with Gasteiger partial charge >= 0.3 is 11.9 Å². The zero-order valence-corrected chi connectivity index (χ0v) is 32.7.